The standard InChI is InChI=1S/C16H26N2O3/c1-11-6-7-13(21-5)8-14(11)18-15(20)17-10-16(3,4)9-12(2)19/h6-8,12,19H,9-10H2,1-5H3,(H2,17,18,20). The molecule has 0 saturated heterocycles. The van der Waals surface area contributed by atoms with Gasteiger partial charge in [0, 0.05) is 18.3 Å². The van der Waals surface area contributed by atoms with E-state index < -0.39 is 0 Å². The molecule has 0 aliphatic heterocycles. The number of aryl methyl sites for hydroxylation is 1. The summed E-state index contributed by atoms with van der Waals surface area (Å²) in [5, 5.41) is 15.1. The maximum absolute atomic E-state index is 12.0. The van der Waals surface area contributed by atoms with Crippen molar-refractivity contribution < 1.29 is 14.6 Å². The predicted octanol–water partition coefficient (Wildman–Crippen LogP) is 2.92. The van der Waals surface area contributed by atoms with Crippen molar-refractivity contribution in [1.29, 1.82) is 0 Å². The molecule has 5 heteroatoms. The Balaban J connectivity index is 2.58. The van der Waals surface area contributed by atoms with Gasteiger partial charge in [-0.2, -0.15) is 0 Å². The van der Waals surface area contributed by atoms with Crippen LogP contribution in [0.1, 0.15) is 32.8 Å². The van der Waals surface area contributed by atoms with E-state index >= 15 is 0 Å². The molecule has 1 aromatic rings. The van der Waals surface area contributed by atoms with Gasteiger partial charge in [-0.1, -0.05) is 19.9 Å². The number of carbonyl (C=O) groups is 1. The molecule has 0 aromatic heterocycles. The van der Waals surface area contributed by atoms with Crippen molar-refractivity contribution in [3.8, 4) is 5.75 Å². The van der Waals surface area contributed by atoms with Gasteiger partial charge in [-0.15, -0.1) is 0 Å². The van der Waals surface area contributed by atoms with Crippen LogP contribution in [-0.4, -0.2) is 30.9 Å². The molecule has 0 aliphatic carbocycles. The molecular weight excluding hydrogens is 268 g/mol. The number of benzene rings is 1. The van der Waals surface area contributed by atoms with Crippen molar-refractivity contribution in [2.75, 3.05) is 19.0 Å². The third kappa shape index (κ3) is 6.04. The van der Waals surface area contributed by atoms with Crippen LogP contribution >= 0.6 is 0 Å². The molecule has 3 N–H and O–H groups in total. The lowest BCUT2D eigenvalue weighted by atomic mass is 9.87. The zero-order valence-corrected chi connectivity index (χ0v) is 13.5. The van der Waals surface area contributed by atoms with Gasteiger partial charge in [0.05, 0.1) is 13.2 Å². The van der Waals surface area contributed by atoms with Crippen LogP contribution in [0, 0.1) is 12.3 Å². The van der Waals surface area contributed by atoms with E-state index in [2.05, 4.69) is 10.6 Å². The van der Waals surface area contributed by atoms with Crippen LogP contribution < -0.4 is 15.4 Å². The molecular formula is C16H26N2O3. The van der Waals surface area contributed by atoms with Gasteiger partial charge in [-0.25, -0.2) is 4.79 Å². The number of hydrogen-bond acceptors (Lipinski definition) is 3. The number of aliphatic hydroxyl groups is 1. The van der Waals surface area contributed by atoms with Crippen molar-refractivity contribution in [3.05, 3.63) is 23.8 Å². The van der Waals surface area contributed by atoms with Gasteiger partial charge in [-0.05, 0) is 37.3 Å². The number of hydrogen-bond donors (Lipinski definition) is 3. The van der Waals surface area contributed by atoms with Crippen LogP contribution in [0.15, 0.2) is 18.2 Å². The van der Waals surface area contributed by atoms with Crippen LogP contribution in [0.5, 0.6) is 5.75 Å². The second-order valence-electron chi connectivity index (χ2n) is 6.21. The van der Waals surface area contributed by atoms with Crippen LogP contribution in [0.3, 0.4) is 0 Å². The summed E-state index contributed by atoms with van der Waals surface area (Å²) in [6.07, 6.45) is 0.247. The van der Waals surface area contributed by atoms with E-state index in [0.717, 1.165) is 11.3 Å². The summed E-state index contributed by atoms with van der Waals surface area (Å²) in [7, 11) is 1.59. The first-order valence-electron chi connectivity index (χ1n) is 7.11. The maximum Gasteiger partial charge on any atom is 0.319 e. The van der Waals surface area contributed by atoms with Crippen LogP contribution in [-0.2, 0) is 0 Å². The molecule has 0 fully saturated rings. The van der Waals surface area contributed by atoms with Crippen molar-refractivity contribution in [2.24, 2.45) is 5.41 Å². The summed E-state index contributed by atoms with van der Waals surface area (Å²) in [5.41, 5.74) is 1.53. The van der Waals surface area contributed by atoms with E-state index in [-0.39, 0.29) is 17.6 Å². The average Bonchev–Trinajstić information content (AvgIpc) is 2.38. The number of rotatable bonds is 6. The summed E-state index contributed by atoms with van der Waals surface area (Å²) >= 11 is 0. The van der Waals surface area contributed by atoms with Gasteiger partial charge < -0.3 is 20.5 Å². The van der Waals surface area contributed by atoms with Gasteiger partial charge in [0.25, 0.3) is 0 Å². The van der Waals surface area contributed by atoms with Gasteiger partial charge in [0.1, 0.15) is 5.75 Å². The first-order valence-corrected chi connectivity index (χ1v) is 7.11. The minimum atomic E-state index is -0.384. The Morgan fingerprint density at radius 2 is 2.10 bits per heavy atom. The van der Waals surface area contributed by atoms with Gasteiger partial charge >= 0.3 is 6.03 Å². The zero-order valence-electron chi connectivity index (χ0n) is 13.5. The molecule has 5 nitrogen and oxygen atoms in total. The summed E-state index contributed by atoms with van der Waals surface area (Å²) in [5.74, 6) is 0.699. The van der Waals surface area contributed by atoms with Gasteiger partial charge in [-0.3, -0.25) is 0 Å². The molecule has 0 radical (unpaired) electrons. The predicted molar refractivity (Wildman–Crippen MR) is 84.8 cm³/mol. The van der Waals surface area contributed by atoms with Crippen LogP contribution in [0.4, 0.5) is 10.5 Å². The number of ether oxygens (including phenoxy) is 1. The Hall–Kier alpha value is -1.75. The average molecular weight is 294 g/mol. The van der Waals surface area contributed by atoms with Gasteiger partial charge in [0.2, 0.25) is 0 Å². The Bertz CT molecular complexity index is 484. The molecule has 1 unspecified atom stereocenters. The fraction of sp³-hybridized carbons (Fsp3) is 0.562. The van der Waals surface area contributed by atoms with E-state index in [1.54, 1.807) is 20.1 Å². The molecule has 0 heterocycles. The van der Waals surface area contributed by atoms with E-state index in [9.17, 15) is 9.90 Å². The largest absolute Gasteiger partial charge is 0.497 e. The summed E-state index contributed by atoms with van der Waals surface area (Å²) in [6.45, 7) is 8.19. The third-order valence-electron chi connectivity index (χ3n) is 3.27. The number of nitrogens with one attached hydrogen (secondary N) is 2. The highest BCUT2D eigenvalue weighted by Crippen LogP contribution is 2.23. The maximum atomic E-state index is 12.0. The Labute approximate surface area is 126 Å². The lowest BCUT2D eigenvalue weighted by molar-refractivity contribution is 0.129. The number of urea groups is 1. The van der Waals surface area contributed by atoms with Crippen molar-refractivity contribution in [1.82, 2.24) is 5.32 Å². The molecule has 1 rings (SSSR count). The van der Waals surface area contributed by atoms with Crippen molar-refractivity contribution in [3.63, 3.8) is 0 Å². The monoisotopic (exact) mass is 294 g/mol. The molecule has 1 atom stereocenters. The number of aliphatic hydroxyl groups excluding tert-OH is 1. The molecule has 2 amide bonds. The summed E-state index contributed by atoms with van der Waals surface area (Å²) in [4.78, 5) is 12.0. The van der Waals surface area contributed by atoms with Crippen molar-refractivity contribution in [2.45, 2.75) is 40.2 Å². The number of methoxy groups -OCH3 is 1. The van der Waals surface area contributed by atoms with Crippen molar-refractivity contribution >= 4 is 11.7 Å². The summed E-state index contributed by atoms with van der Waals surface area (Å²) in [6, 6.07) is 5.27. The lowest BCUT2D eigenvalue weighted by Crippen LogP contribution is -2.38. The highest BCUT2D eigenvalue weighted by atomic mass is 16.5. The Kier molecular flexibility index (Phi) is 6.03. The quantitative estimate of drug-likeness (QED) is 0.755. The molecule has 21 heavy (non-hydrogen) atoms. The summed E-state index contributed by atoms with van der Waals surface area (Å²) < 4.78 is 5.15. The number of carbonyl (C=O) groups excluding carboxylic acids is 1. The molecule has 0 saturated carbocycles. The fourth-order valence-corrected chi connectivity index (χ4v) is 2.22. The smallest absolute Gasteiger partial charge is 0.319 e. The van der Waals surface area contributed by atoms with Crippen LogP contribution in [0.2, 0.25) is 0 Å². The minimum Gasteiger partial charge on any atom is -0.497 e. The highest BCUT2D eigenvalue weighted by Gasteiger charge is 2.21. The van der Waals surface area contributed by atoms with E-state index in [1.807, 2.05) is 32.9 Å². The topological polar surface area (TPSA) is 70.6 Å². The molecule has 0 spiro atoms. The van der Waals surface area contributed by atoms with Gasteiger partial charge in [0.15, 0.2) is 0 Å². The van der Waals surface area contributed by atoms with E-state index in [0.29, 0.717) is 18.7 Å². The normalized spacial score (nSPS) is 12.7. The second kappa shape index (κ2) is 7.31. The molecule has 118 valence electrons. The zero-order chi connectivity index (χ0) is 16.0. The first kappa shape index (κ1) is 17.3. The second-order valence-corrected chi connectivity index (χ2v) is 6.21. The first-order chi connectivity index (χ1) is 9.73. The third-order valence-corrected chi connectivity index (χ3v) is 3.27. The number of anilines is 1. The van der Waals surface area contributed by atoms with E-state index in [1.165, 1.54) is 0 Å². The fourth-order valence-electron chi connectivity index (χ4n) is 2.22. The number of amides is 2. The molecule has 0 aliphatic rings. The lowest BCUT2D eigenvalue weighted by Gasteiger charge is -2.26. The highest BCUT2D eigenvalue weighted by molar-refractivity contribution is 5.90. The van der Waals surface area contributed by atoms with E-state index in [4.69, 9.17) is 4.74 Å². The SMILES string of the molecule is COc1ccc(C)c(NC(=O)NCC(C)(C)CC(C)O)c1. The molecule has 0 bridgehead atoms. The minimum absolute atomic E-state index is 0.158. The Morgan fingerprint density at radius 3 is 2.67 bits per heavy atom. The Morgan fingerprint density at radius 1 is 1.43 bits per heavy atom. The van der Waals surface area contributed by atoms with Crippen LogP contribution in [0.25, 0.3) is 0 Å². The molecule has 1 aromatic carbocycles.